The van der Waals surface area contributed by atoms with Crippen LogP contribution in [0.25, 0.3) is 0 Å². The van der Waals surface area contributed by atoms with Gasteiger partial charge in [0.15, 0.2) is 5.75 Å². The van der Waals surface area contributed by atoms with Crippen molar-refractivity contribution < 1.29 is 22.3 Å². The maximum Gasteiger partial charge on any atom is 0.301 e. The number of hydrogen-bond acceptors (Lipinski definition) is 6. The minimum absolute atomic E-state index is 0.0173. The molecule has 0 unspecified atom stereocenters. The molecular formula is C28H30ClFIN5O5S. The van der Waals surface area contributed by atoms with Crippen molar-refractivity contribution in [2.75, 3.05) is 16.2 Å². The number of nitrogens with one attached hydrogen (secondary N) is 3. The maximum atomic E-state index is 14.9. The van der Waals surface area contributed by atoms with Gasteiger partial charge in [0, 0.05) is 29.2 Å². The highest BCUT2D eigenvalue weighted by molar-refractivity contribution is 14.1. The van der Waals surface area contributed by atoms with E-state index in [2.05, 4.69) is 15.4 Å². The van der Waals surface area contributed by atoms with Gasteiger partial charge in [0.05, 0.1) is 16.9 Å². The molecule has 2 aliphatic rings. The Morgan fingerprint density at radius 2 is 1.88 bits per heavy atom. The first kappa shape index (κ1) is 30.6. The van der Waals surface area contributed by atoms with Crippen LogP contribution in [0.3, 0.4) is 0 Å². The summed E-state index contributed by atoms with van der Waals surface area (Å²) in [7, 11) is -2.42. The standard InChI is InChI=1S/C28H30ClFIN5O5S/c1-4-36(42(39,40)34-18-11-12-18)21-6-5-7-22(24(21)29)41-25-15(2)28(38)35(3)26(23(25)27(37)32-17-9-10-17)33-20-13-8-16(31)14-19(20)30/h5-8,13-14,17-18,33-34H,4,9-12H2,1-3H3,(H,32,37). The van der Waals surface area contributed by atoms with E-state index in [-0.39, 0.29) is 63.5 Å². The predicted octanol–water partition coefficient (Wildman–Crippen LogP) is 5.34. The normalized spacial score (nSPS) is 14.9. The highest BCUT2D eigenvalue weighted by Crippen LogP contribution is 2.41. The number of pyridine rings is 1. The Bertz CT molecular complexity index is 1730. The van der Waals surface area contributed by atoms with Crippen LogP contribution < -0.4 is 30.0 Å². The zero-order chi connectivity index (χ0) is 30.3. The van der Waals surface area contributed by atoms with Crippen molar-refractivity contribution in [1.82, 2.24) is 14.6 Å². The molecule has 1 amide bonds. The number of hydrogen-bond donors (Lipinski definition) is 3. The highest BCUT2D eigenvalue weighted by atomic mass is 127. The van der Waals surface area contributed by atoms with Gasteiger partial charge in [-0.2, -0.15) is 13.1 Å². The van der Waals surface area contributed by atoms with Crippen molar-refractivity contribution in [2.24, 2.45) is 7.05 Å². The zero-order valence-corrected chi connectivity index (χ0v) is 26.9. The number of halogens is 3. The summed E-state index contributed by atoms with van der Waals surface area (Å²) in [5.74, 6) is -1.10. The van der Waals surface area contributed by atoms with Crippen LogP contribution in [0.4, 0.5) is 21.6 Å². The van der Waals surface area contributed by atoms with E-state index in [1.807, 2.05) is 22.6 Å². The van der Waals surface area contributed by atoms with Gasteiger partial charge >= 0.3 is 10.2 Å². The summed E-state index contributed by atoms with van der Waals surface area (Å²) < 4.78 is 52.9. The molecule has 224 valence electrons. The van der Waals surface area contributed by atoms with Crippen molar-refractivity contribution >= 4 is 67.5 Å². The first-order chi connectivity index (χ1) is 19.9. The van der Waals surface area contributed by atoms with Gasteiger partial charge in [-0.25, -0.2) is 4.39 Å². The van der Waals surface area contributed by atoms with Gasteiger partial charge < -0.3 is 15.4 Å². The van der Waals surface area contributed by atoms with Gasteiger partial charge in [-0.1, -0.05) is 17.7 Å². The molecule has 1 heterocycles. The third-order valence-corrected chi connectivity index (χ3v) is 9.70. The molecule has 3 aromatic rings. The Morgan fingerprint density at radius 3 is 2.50 bits per heavy atom. The smallest absolute Gasteiger partial charge is 0.301 e. The predicted molar refractivity (Wildman–Crippen MR) is 169 cm³/mol. The van der Waals surface area contributed by atoms with E-state index in [4.69, 9.17) is 16.3 Å². The first-order valence-electron chi connectivity index (χ1n) is 13.4. The summed E-state index contributed by atoms with van der Waals surface area (Å²) in [5.41, 5.74) is -0.150. The van der Waals surface area contributed by atoms with Gasteiger partial charge in [-0.05, 0) is 92.5 Å². The molecule has 0 atom stereocenters. The Balaban J connectivity index is 1.62. The molecule has 14 heteroatoms. The minimum Gasteiger partial charge on any atom is -0.454 e. The van der Waals surface area contributed by atoms with Gasteiger partial charge in [0.1, 0.15) is 28.0 Å². The van der Waals surface area contributed by atoms with Crippen molar-refractivity contribution in [3.63, 3.8) is 0 Å². The first-order valence-corrected chi connectivity index (χ1v) is 16.3. The summed E-state index contributed by atoms with van der Waals surface area (Å²) >= 11 is 8.72. The quantitative estimate of drug-likeness (QED) is 0.229. The lowest BCUT2D eigenvalue weighted by molar-refractivity contribution is 0.0948. The number of anilines is 3. The number of carbonyl (C=O) groups excluding carboxylic acids is 1. The number of nitrogens with zero attached hydrogens (tertiary/aromatic N) is 2. The van der Waals surface area contributed by atoms with E-state index >= 15 is 0 Å². The van der Waals surface area contributed by atoms with Crippen LogP contribution in [0.2, 0.25) is 5.02 Å². The van der Waals surface area contributed by atoms with Crippen LogP contribution in [0.1, 0.15) is 48.5 Å². The number of amides is 1. The number of rotatable bonds is 11. The molecule has 2 aromatic carbocycles. The van der Waals surface area contributed by atoms with Crippen LogP contribution in [0.5, 0.6) is 11.5 Å². The van der Waals surface area contributed by atoms with Gasteiger partial charge in [0.25, 0.3) is 11.5 Å². The molecule has 2 saturated carbocycles. The molecule has 2 aliphatic carbocycles. The number of benzene rings is 2. The summed E-state index contributed by atoms with van der Waals surface area (Å²) in [6.07, 6.45) is 3.16. The molecule has 0 radical (unpaired) electrons. The zero-order valence-electron chi connectivity index (χ0n) is 23.1. The van der Waals surface area contributed by atoms with Crippen LogP contribution >= 0.6 is 34.2 Å². The summed E-state index contributed by atoms with van der Waals surface area (Å²) in [5, 5.41) is 5.82. The molecule has 2 fully saturated rings. The molecule has 1 aromatic heterocycles. The van der Waals surface area contributed by atoms with E-state index < -0.39 is 27.5 Å². The third kappa shape index (κ3) is 6.38. The molecular weight excluding hydrogens is 700 g/mol. The maximum absolute atomic E-state index is 14.9. The second kappa shape index (κ2) is 12.0. The fourth-order valence-corrected chi connectivity index (χ4v) is 6.73. The van der Waals surface area contributed by atoms with E-state index in [1.165, 1.54) is 36.7 Å². The van der Waals surface area contributed by atoms with Crippen LogP contribution in [-0.4, -0.2) is 37.5 Å². The topological polar surface area (TPSA) is 122 Å². The fraction of sp³-hybridized carbons (Fsp3) is 0.357. The number of ether oxygens (including phenoxy) is 1. The average Bonchev–Trinajstić information content (AvgIpc) is 3.87. The Labute approximate surface area is 261 Å². The number of aromatic nitrogens is 1. The molecule has 42 heavy (non-hydrogen) atoms. The van der Waals surface area contributed by atoms with E-state index in [1.54, 1.807) is 25.1 Å². The molecule has 0 saturated heterocycles. The molecule has 0 bridgehead atoms. The van der Waals surface area contributed by atoms with Crippen molar-refractivity contribution in [2.45, 2.75) is 51.6 Å². The van der Waals surface area contributed by atoms with Crippen LogP contribution in [-0.2, 0) is 17.3 Å². The van der Waals surface area contributed by atoms with Crippen molar-refractivity contribution in [3.05, 3.63) is 72.3 Å². The van der Waals surface area contributed by atoms with Crippen molar-refractivity contribution in [1.29, 1.82) is 0 Å². The largest absolute Gasteiger partial charge is 0.454 e. The van der Waals surface area contributed by atoms with Crippen LogP contribution in [0, 0.1) is 16.3 Å². The lowest BCUT2D eigenvalue weighted by atomic mass is 10.1. The summed E-state index contributed by atoms with van der Waals surface area (Å²) in [6.45, 7) is 3.30. The summed E-state index contributed by atoms with van der Waals surface area (Å²) in [6, 6.07) is 9.04. The summed E-state index contributed by atoms with van der Waals surface area (Å²) in [4.78, 5) is 27.0. The lowest BCUT2D eigenvalue weighted by Crippen LogP contribution is -2.41. The third-order valence-electron chi connectivity index (χ3n) is 6.98. The highest BCUT2D eigenvalue weighted by Gasteiger charge is 2.33. The van der Waals surface area contributed by atoms with Gasteiger partial charge in [0.2, 0.25) is 0 Å². The SMILES string of the molecule is CCN(c1cccc(Oc2c(C(=O)NC3CC3)c(Nc3ccc(I)cc3F)n(C)c(=O)c2C)c1Cl)S(=O)(=O)NC1CC1. The molecule has 10 nitrogen and oxygen atoms in total. The number of carbonyl (C=O) groups is 1. The molecule has 0 aliphatic heterocycles. The molecule has 3 N–H and O–H groups in total. The second-order valence-corrected chi connectivity index (χ2v) is 13.5. The van der Waals surface area contributed by atoms with Crippen LogP contribution in [0.15, 0.2) is 41.2 Å². The fourth-order valence-electron chi connectivity index (χ4n) is 4.43. The van der Waals surface area contributed by atoms with E-state index in [0.29, 0.717) is 3.57 Å². The lowest BCUT2D eigenvalue weighted by Gasteiger charge is -2.25. The average molecular weight is 730 g/mol. The minimum atomic E-state index is -3.89. The van der Waals surface area contributed by atoms with Crippen molar-refractivity contribution in [3.8, 4) is 11.5 Å². The Kier molecular flexibility index (Phi) is 8.75. The Hall–Kier alpha value is -2.88. The second-order valence-electron chi connectivity index (χ2n) is 10.3. The van der Waals surface area contributed by atoms with Gasteiger partial charge in [-0.15, -0.1) is 0 Å². The van der Waals surface area contributed by atoms with E-state index in [0.717, 1.165) is 30.0 Å². The monoisotopic (exact) mass is 729 g/mol. The van der Waals surface area contributed by atoms with Gasteiger partial charge in [-0.3, -0.25) is 18.5 Å². The molecule has 0 spiro atoms. The molecule has 5 rings (SSSR count). The Morgan fingerprint density at radius 1 is 1.19 bits per heavy atom. The van der Waals surface area contributed by atoms with E-state index in [9.17, 15) is 22.4 Å².